The second-order valence-corrected chi connectivity index (χ2v) is 5.48. The molecule has 1 heterocycles. The Balaban J connectivity index is 1.69. The second kappa shape index (κ2) is 7.84. The molecule has 0 fully saturated rings. The number of aromatic amines is 1. The van der Waals surface area contributed by atoms with E-state index in [1.54, 1.807) is 0 Å². The Kier molecular flexibility index (Phi) is 5.81. The number of para-hydroxylation sites is 1. The van der Waals surface area contributed by atoms with Gasteiger partial charge in [0.05, 0.1) is 6.10 Å². The minimum Gasteiger partial charge on any atom is -0.379 e. The van der Waals surface area contributed by atoms with Gasteiger partial charge in [0.25, 0.3) is 0 Å². The molecule has 0 aliphatic carbocycles. The third-order valence-electron chi connectivity index (χ3n) is 3.39. The van der Waals surface area contributed by atoms with E-state index in [-0.39, 0.29) is 12.0 Å². The molecule has 21 heavy (non-hydrogen) atoms. The van der Waals surface area contributed by atoms with Gasteiger partial charge in [0.15, 0.2) is 0 Å². The van der Waals surface area contributed by atoms with Crippen molar-refractivity contribution < 1.29 is 9.53 Å². The average molecular weight is 288 g/mol. The molecule has 2 rings (SSSR count). The summed E-state index contributed by atoms with van der Waals surface area (Å²) in [6.45, 7) is 5.40. The number of carbonyl (C=O) groups is 1. The molecule has 0 aliphatic heterocycles. The Morgan fingerprint density at radius 3 is 2.95 bits per heavy atom. The first-order valence-electron chi connectivity index (χ1n) is 7.60. The lowest BCUT2D eigenvalue weighted by Gasteiger charge is -2.08. The van der Waals surface area contributed by atoms with E-state index in [9.17, 15) is 4.79 Å². The molecule has 0 atom stereocenters. The summed E-state index contributed by atoms with van der Waals surface area (Å²) < 4.78 is 5.44. The SMILES string of the molecule is CC(C)OCCCNC(=O)CCc1c[nH]c2ccccc12. The Morgan fingerprint density at radius 1 is 1.33 bits per heavy atom. The minimum atomic E-state index is 0.102. The summed E-state index contributed by atoms with van der Waals surface area (Å²) in [4.78, 5) is 15.0. The number of benzene rings is 1. The summed E-state index contributed by atoms with van der Waals surface area (Å²) >= 11 is 0. The van der Waals surface area contributed by atoms with Crippen LogP contribution in [0.15, 0.2) is 30.5 Å². The zero-order valence-corrected chi connectivity index (χ0v) is 12.8. The van der Waals surface area contributed by atoms with Crippen LogP contribution in [0.2, 0.25) is 0 Å². The monoisotopic (exact) mass is 288 g/mol. The van der Waals surface area contributed by atoms with Gasteiger partial charge in [-0.2, -0.15) is 0 Å². The van der Waals surface area contributed by atoms with Crippen molar-refractivity contribution in [3.63, 3.8) is 0 Å². The van der Waals surface area contributed by atoms with Gasteiger partial charge in [0.1, 0.15) is 0 Å². The van der Waals surface area contributed by atoms with E-state index in [1.165, 1.54) is 10.9 Å². The fraction of sp³-hybridized carbons (Fsp3) is 0.471. The molecule has 0 saturated carbocycles. The van der Waals surface area contributed by atoms with Crippen LogP contribution in [0.1, 0.15) is 32.3 Å². The van der Waals surface area contributed by atoms with E-state index in [1.807, 2.05) is 38.2 Å². The number of amides is 1. The van der Waals surface area contributed by atoms with Crippen LogP contribution in [0.25, 0.3) is 10.9 Å². The van der Waals surface area contributed by atoms with Crippen molar-refractivity contribution in [2.24, 2.45) is 0 Å². The summed E-state index contributed by atoms with van der Waals surface area (Å²) in [5.74, 6) is 0.102. The predicted octanol–water partition coefficient (Wildman–Crippen LogP) is 3.03. The smallest absolute Gasteiger partial charge is 0.220 e. The minimum absolute atomic E-state index is 0.102. The number of H-pyrrole nitrogens is 1. The van der Waals surface area contributed by atoms with Crippen molar-refractivity contribution in [1.29, 1.82) is 0 Å². The molecule has 4 nitrogen and oxygen atoms in total. The first kappa shape index (κ1) is 15.6. The normalized spacial score (nSPS) is 11.2. The van der Waals surface area contributed by atoms with Gasteiger partial charge in [-0.3, -0.25) is 4.79 Å². The Bertz CT molecular complexity index is 575. The highest BCUT2D eigenvalue weighted by atomic mass is 16.5. The summed E-state index contributed by atoms with van der Waals surface area (Å²) in [5.41, 5.74) is 2.32. The molecule has 0 radical (unpaired) electrons. The number of aryl methyl sites for hydroxylation is 1. The van der Waals surface area contributed by atoms with Gasteiger partial charge < -0.3 is 15.0 Å². The number of hydrogen-bond acceptors (Lipinski definition) is 2. The maximum absolute atomic E-state index is 11.8. The van der Waals surface area contributed by atoms with Crippen LogP contribution in [-0.2, 0) is 16.0 Å². The van der Waals surface area contributed by atoms with Gasteiger partial charge in [-0.25, -0.2) is 0 Å². The van der Waals surface area contributed by atoms with Crippen molar-refractivity contribution in [2.45, 2.75) is 39.2 Å². The van der Waals surface area contributed by atoms with Gasteiger partial charge in [-0.1, -0.05) is 18.2 Å². The molecule has 2 N–H and O–H groups in total. The molecule has 0 spiro atoms. The lowest BCUT2D eigenvalue weighted by atomic mass is 10.1. The van der Waals surface area contributed by atoms with E-state index in [4.69, 9.17) is 4.74 Å². The van der Waals surface area contributed by atoms with Gasteiger partial charge in [-0.05, 0) is 38.3 Å². The van der Waals surface area contributed by atoms with Crippen LogP contribution in [0.4, 0.5) is 0 Å². The van der Waals surface area contributed by atoms with E-state index < -0.39 is 0 Å². The van der Waals surface area contributed by atoms with Crippen molar-refractivity contribution in [1.82, 2.24) is 10.3 Å². The van der Waals surface area contributed by atoms with Crippen LogP contribution in [0.3, 0.4) is 0 Å². The van der Waals surface area contributed by atoms with Crippen molar-refractivity contribution in [2.75, 3.05) is 13.2 Å². The highest BCUT2D eigenvalue weighted by Gasteiger charge is 2.06. The van der Waals surface area contributed by atoms with E-state index in [0.717, 1.165) is 18.4 Å². The molecule has 4 heteroatoms. The molecular formula is C17H24N2O2. The van der Waals surface area contributed by atoms with E-state index >= 15 is 0 Å². The van der Waals surface area contributed by atoms with Crippen LogP contribution in [0, 0.1) is 0 Å². The van der Waals surface area contributed by atoms with Crippen LogP contribution >= 0.6 is 0 Å². The number of nitrogens with one attached hydrogen (secondary N) is 2. The van der Waals surface area contributed by atoms with Gasteiger partial charge >= 0.3 is 0 Å². The van der Waals surface area contributed by atoms with Gasteiger partial charge in [-0.15, -0.1) is 0 Å². The van der Waals surface area contributed by atoms with Crippen LogP contribution < -0.4 is 5.32 Å². The molecule has 2 aromatic rings. The third kappa shape index (κ3) is 4.90. The second-order valence-electron chi connectivity index (χ2n) is 5.48. The lowest BCUT2D eigenvalue weighted by molar-refractivity contribution is -0.121. The molecular weight excluding hydrogens is 264 g/mol. The fourth-order valence-electron chi connectivity index (χ4n) is 2.29. The Morgan fingerprint density at radius 2 is 2.14 bits per heavy atom. The summed E-state index contributed by atoms with van der Waals surface area (Å²) in [6, 6.07) is 8.17. The first-order valence-corrected chi connectivity index (χ1v) is 7.60. The molecule has 0 bridgehead atoms. The number of ether oxygens (including phenoxy) is 1. The zero-order chi connectivity index (χ0) is 15.1. The molecule has 1 aromatic heterocycles. The summed E-state index contributed by atoms with van der Waals surface area (Å²) in [7, 11) is 0. The molecule has 1 aromatic carbocycles. The number of rotatable bonds is 8. The van der Waals surface area contributed by atoms with Crippen LogP contribution in [-0.4, -0.2) is 30.1 Å². The number of fused-ring (bicyclic) bond motifs is 1. The molecule has 0 unspecified atom stereocenters. The maximum Gasteiger partial charge on any atom is 0.220 e. The highest BCUT2D eigenvalue weighted by molar-refractivity contribution is 5.84. The standard InChI is InChI=1S/C17H24N2O2/c1-13(2)21-11-5-10-18-17(20)9-8-14-12-19-16-7-4-3-6-15(14)16/h3-4,6-7,12-13,19H,5,8-11H2,1-2H3,(H,18,20). The zero-order valence-electron chi connectivity index (χ0n) is 12.8. The van der Waals surface area contributed by atoms with Gasteiger partial charge in [0.2, 0.25) is 5.91 Å². The predicted molar refractivity (Wildman–Crippen MR) is 85.3 cm³/mol. The third-order valence-corrected chi connectivity index (χ3v) is 3.39. The Labute approximate surface area is 125 Å². The molecule has 1 amide bonds. The van der Waals surface area contributed by atoms with Crippen molar-refractivity contribution >= 4 is 16.8 Å². The molecule has 114 valence electrons. The number of aromatic nitrogens is 1. The first-order chi connectivity index (χ1) is 10.2. The summed E-state index contributed by atoms with van der Waals surface area (Å²) in [5, 5.41) is 4.14. The average Bonchev–Trinajstić information content (AvgIpc) is 2.87. The number of carbonyl (C=O) groups excluding carboxylic acids is 1. The lowest BCUT2D eigenvalue weighted by Crippen LogP contribution is -2.25. The number of hydrogen-bond donors (Lipinski definition) is 2. The summed E-state index contributed by atoms with van der Waals surface area (Å²) in [6.07, 6.45) is 4.39. The van der Waals surface area contributed by atoms with E-state index in [2.05, 4.69) is 16.4 Å². The quantitative estimate of drug-likeness (QED) is 0.734. The molecule has 0 saturated heterocycles. The van der Waals surface area contributed by atoms with Crippen LogP contribution in [0.5, 0.6) is 0 Å². The topological polar surface area (TPSA) is 54.1 Å². The van der Waals surface area contributed by atoms with Crippen molar-refractivity contribution in [3.8, 4) is 0 Å². The largest absolute Gasteiger partial charge is 0.379 e. The molecule has 0 aliphatic rings. The highest BCUT2D eigenvalue weighted by Crippen LogP contribution is 2.18. The van der Waals surface area contributed by atoms with E-state index in [0.29, 0.717) is 19.6 Å². The Hall–Kier alpha value is -1.81. The van der Waals surface area contributed by atoms with Crippen molar-refractivity contribution in [3.05, 3.63) is 36.0 Å². The maximum atomic E-state index is 11.8. The fourth-order valence-corrected chi connectivity index (χ4v) is 2.29. The van der Waals surface area contributed by atoms with Gasteiger partial charge in [0, 0.05) is 36.7 Å².